The fourth-order valence-corrected chi connectivity index (χ4v) is 5.44. The fourth-order valence-electron chi connectivity index (χ4n) is 5.18. The summed E-state index contributed by atoms with van der Waals surface area (Å²) in [6.45, 7) is 2.00. The van der Waals surface area contributed by atoms with E-state index in [2.05, 4.69) is 26.1 Å². The predicted octanol–water partition coefficient (Wildman–Crippen LogP) is 7.88. The molecule has 39 heavy (non-hydrogen) atoms. The molecular weight excluding hydrogens is 555 g/mol. The summed E-state index contributed by atoms with van der Waals surface area (Å²) in [5.74, 6) is 1.73. The van der Waals surface area contributed by atoms with Gasteiger partial charge in [0, 0.05) is 15.7 Å². The highest BCUT2D eigenvalue weighted by atomic mass is 79.9. The molecule has 4 aromatic carbocycles. The molecule has 0 bridgehead atoms. The lowest BCUT2D eigenvalue weighted by Gasteiger charge is -2.40. The van der Waals surface area contributed by atoms with Gasteiger partial charge >= 0.3 is 0 Å². The fraction of sp³-hybridized carbons (Fsp3) is 0.0645. The zero-order chi connectivity index (χ0) is 26.5. The van der Waals surface area contributed by atoms with Crippen molar-refractivity contribution in [1.82, 2.24) is 9.78 Å². The SMILES string of the molecule is Cc1nn(-c2ccccc2)c2c1[C@@H](c1ccc(F)cc1)N1C(=N2)C(Nc2ccc(Br)cc2)=Nc2ccccc21. The van der Waals surface area contributed by atoms with Gasteiger partial charge in [0.1, 0.15) is 5.82 Å². The number of aliphatic imine (C=N–C) groups is 2. The highest BCUT2D eigenvalue weighted by Gasteiger charge is 2.41. The van der Waals surface area contributed by atoms with Gasteiger partial charge in [0.25, 0.3) is 0 Å². The lowest BCUT2D eigenvalue weighted by molar-refractivity contribution is 0.626. The topological polar surface area (TPSA) is 57.8 Å². The first-order valence-corrected chi connectivity index (χ1v) is 13.3. The summed E-state index contributed by atoms with van der Waals surface area (Å²) in [7, 11) is 0. The van der Waals surface area contributed by atoms with E-state index in [9.17, 15) is 4.39 Å². The van der Waals surface area contributed by atoms with Crippen molar-refractivity contribution in [2.24, 2.45) is 9.98 Å². The minimum Gasteiger partial charge on any atom is -0.337 e. The Morgan fingerprint density at radius 3 is 2.31 bits per heavy atom. The van der Waals surface area contributed by atoms with Crippen molar-refractivity contribution >= 4 is 50.5 Å². The van der Waals surface area contributed by atoms with Gasteiger partial charge < -0.3 is 10.2 Å². The second-order valence-electron chi connectivity index (χ2n) is 9.41. The Morgan fingerprint density at radius 2 is 1.54 bits per heavy atom. The third kappa shape index (κ3) is 4.04. The Bertz CT molecular complexity index is 1760. The van der Waals surface area contributed by atoms with Gasteiger partial charge in [-0.2, -0.15) is 5.10 Å². The molecule has 0 radical (unpaired) electrons. The molecule has 7 rings (SSSR count). The van der Waals surface area contributed by atoms with Crippen LogP contribution in [0.2, 0.25) is 0 Å². The molecular formula is C31H22BrFN6. The summed E-state index contributed by atoms with van der Waals surface area (Å²) in [6, 6.07) is 32.3. The molecule has 1 N–H and O–H groups in total. The number of benzene rings is 4. The standard InChI is InChI=1S/C31H22BrFN6/c1-19-27-28(20-11-15-22(33)16-12-20)38-26-10-6-5-9-25(26)35-29(34-23-17-13-21(32)14-18-23)31(38)36-30(27)39(37-19)24-7-3-2-4-8-24/h2-18,28H,1H3,(H,34,35)/t28-/m1/s1. The number of aryl methyl sites for hydroxylation is 1. The Morgan fingerprint density at radius 1 is 0.821 bits per heavy atom. The molecule has 0 saturated heterocycles. The smallest absolute Gasteiger partial charge is 0.179 e. The number of nitrogens with zero attached hydrogens (tertiary/aromatic N) is 5. The lowest BCUT2D eigenvalue weighted by atomic mass is 9.93. The quantitative estimate of drug-likeness (QED) is 0.237. The van der Waals surface area contributed by atoms with Crippen LogP contribution in [0.15, 0.2) is 118 Å². The first-order valence-electron chi connectivity index (χ1n) is 12.6. The van der Waals surface area contributed by atoms with E-state index < -0.39 is 0 Å². The maximum atomic E-state index is 14.1. The summed E-state index contributed by atoms with van der Waals surface area (Å²) in [4.78, 5) is 12.4. The molecule has 2 aliphatic heterocycles. The second-order valence-corrected chi connectivity index (χ2v) is 10.3. The highest BCUT2D eigenvalue weighted by Crippen LogP contribution is 2.48. The van der Waals surface area contributed by atoms with Crippen LogP contribution in [-0.2, 0) is 0 Å². The minimum atomic E-state index is -0.302. The van der Waals surface area contributed by atoms with E-state index in [1.165, 1.54) is 12.1 Å². The summed E-state index contributed by atoms with van der Waals surface area (Å²) < 4.78 is 16.9. The number of rotatable bonds is 3. The summed E-state index contributed by atoms with van der Waals surface area (Å²) >= 11 is 3.51. The number of fused-ring (bicyclic) bond motifs is 4. The van der Waals surface area contributed by atoms with E-state index in [0.29, 0.717) is 11.7 Å². The van der Waals surface area contributed by atoms with E-state index in [-0.39, 0.29) is 11.9 Å². The van der Waals surface area contributed by atoms with Crippen molar-refractivity contribution in [3.8, 4) is 5.69 Å². The Balaban J connectivity index is 1.49. The number of anilines is 2. The Kier molecular flexibility index (Phi) is 5.63. The van der Waals surface area contributed by atoms with Gasteiger partial charge in [-0.15, -0.1) is 0 Å². The molecule has 6 nitrogen and oxygen atoms in total. The van der Waals surface area contributed by atoms with Crippen LogP contribution in [0.25, 0.3) is 5.69 Å². The van der Waals surface area contributed by atoms with Crippen molar-refractivity contribution < 1.29 is 4.39 Å². The maximum absolute atomic E-state index is 14.1. The van der Waals surface area contributed by atoms with Crippen LogP contribution in [0, 0.1) is 12.7 Å². The van der Waals surface area contributed by atoms with Crippen LogP contribution in [0.1, 0.15) is 22.9 Å². The van der Waals surface area contributed by atoms with Crippen molar-refractivity contribution in [2.45, 2.75) is 13.0 Å². The first-order chi connectivity index (χ1) is 19.1. The van der Waals surface area contributed by atoms with Crippen molar-refractivity contribution in [3.63, 3.8) is 0 Å². The molecule has 0 aliphatic carbocycles. The largest absolute Gasteiger partial charge is 0.337 e. The third-order valence-electron chi connectivity index (χ3n) is 6.93. The second kappa shape index (κ2) is 9.32. The number of hydrogen-bond donors (Lipinski definition) is 1. The van der Waals surface area contributed by atoms with E-state index in [0.717, 1.165) is 49.9 Å². The van der Waals surface area contributed by atoms with Crippen molar-refractivity contribution in [2.75, 3.05) is 10.2 Å². The van der Waals surface area contributed by atoms with Crippen LogP contribution in [0.4, 0.5) is 27.3 Å². The predicted molar refractivity (Wildman–Crippen MR) is 157 cm³/mol. The van der Waals surface area contributed by atoms with E-state index in [1.807, 2.05) is 103 Å². The molecule has 0 unspecified atom stereocenters. The van der Waals surface area contributed by atoms with Crippen LogP contribution in [0.5, 0.6) is 0 Å². The number of aromatic nitrogens is 2. The van der Waals surface area contributed by atoms with Crippen molar-refractivity contribution in [3.05, 3.63) is 130 Å². The van der Waals surface area contributed by atoms with Gasteiger partial charge in [-0.3, -0.25) is 0 Å². The number of amidine groups is 2. The normalized spacial score (nSPS) is 15.6. The monoisotopic (exact) mass is 576 g/mol. The van der Waals surface area contributed by atoms with E-state index in [1.54, 1.807) is 0 Å². The van der Waals surface area contributed by atoms with Crippen LogP contribution < -0.4 is 10.2 Å². The zero-order valence-electron chi connectivity index (χ0n) is 20.9. The average molecular weight is 577 g/mol. The number of para-hydroxylation sites is 3. The molecule has 0 fully saturated rings. The lowest BCUT2D eigenvalue weighted by Crippen LogP contribution is -2.46. The minimum absolute atomic E-state index is 0.279. The molecule has 2 aliphatic rings. The number of halogens is 2. The third-order valence-corrected chi connectivity index (χ3v) is 7.46. The molecule has 5 aromatic rings. The highest BCUT2D eigenvalue weighted by molar-refractivity contribution is 9.10. The summed E-state index contributed by atoms with van der Waals surface area (Å²) in [5.41, 5.74) is 6.29. The van der Waals surface area contributed by atoms with Crippen molar-refractivity contribution in [1.29, 1.82) is 0 Å². The molecule has 0 saturated carbocycles. The molecule has 1 atom stereocenters. The van der Waals surface area contributed by atoms with Gasteiger partial charge in [0.05, 0.1) is 28.8 Å². The first kappa shape index (κ1) is 23.5. The number of nitrogens with one attached hydrogen (secondary N) is 1. The molecule has 8 heteroatoms. The average Bonchev–Trinajstić information content (AvgIpc) is 3.30. The molecule has 190 valence electrons. The molecule has 3 heterocycles. The van der Waals surface area contributed by atoms with Gasteiger partial charge in [-0.1, -0.05) is 58.4 Å². The van der Waals surface area contributed by atoms with Crippen LogP contribution in [0.3, 0.4) is 0 Å². The van der Waals surface area contributed by atoms with Gasteiger partial charge in [0.2, 0.25) is 0 Å². The van der Waals surface area contributed by atoms with Gasteiger partial charge in [-0.25, -0.2) is 19.1 Å². The zero-order valence-corrected chi connectivity index (χ0v) is 22.5. The van der Waals surface area contributed by atoms with Crippen LogP contribution in [-0.4, -0.2) is 21.5 Å². The Labute approximate surface area is 233 Å². The molecule has 1 aromatic heterocycles. The van der Waals surface area contributed by atoms with Crippen LogP contribution >= 0.6 is 15.9 Å². The van der Waals surface area contributed by atoms with E-state index >= 15 is 0 Å². The Hall–Kier alpha value is -4.56. The van der Waals surface area contributed by atoms with Gasteiger partial charge in [-0.05, 0) is 73.2 Å². The number of hydrogen-bond acceptors (Lipinski definition) is 5. The summed E-state index contributed by atoms with van der Waals surface area (Å²) in [6.07, 6.45) is 0. The summed E-state index contributed by atoms with van der Waals surface area (Å²) in [5, 5.41) is 8.42. The van der Waals surface area contributed by atoms with E-state index in [4.69, 9.17) is 15.1 Å². The maximum Gasteiger partial charge on any atom is 0.179 e. The molecule has 0 amide bonds. The molecule has 0 spiro atoms. The van der Waals surface area contributed by atoms with Gasteiger partial charge in [0.15, 0.2) is 17.5 Å².